The number of aryl methyl sites for hydroxylation is 2. The highest BCUT2D eigenvalue weighted by Gasteiger charge is 2.00. The Balaban J connectivity index is 0.00000324. The van der Waals surface area contributed by atoms with Gasteiger partial charge in [-0.2, -0.15) is 0 Å². The fraction of sp³-hybridized carbons (Fsp3) is 0.533. The van der Waals surface area contributed by atoms with Crippen molar-refractivity contribution in [3.63, 3.8) is 0 Å². The van der Waals surface area contributed by atoms with Gasteiger partial charge in [0.05, 0.1) is 0 Å². The standard InChI is InChI=1S/C15H24N2O.ClH/c1-13-7-9-14(10-8-13)5-2-3-6-15(18)17-12-4-11-16;/h7-10H,2-6,11-12,16H2,1H3,(H,17,18);1H. The van der Waals surface area contributed by atoms with Gasteiger partial charge in [0.1, 0.15) is 0 Å². The summed E-state index contributed by atoms with van der Waals surface area (Å²) in [6.07, 6.45) is 4.54. The maximum Gasteiger partial charge on any atom is 0.219 e. The number of carbonyl (C=O) groups excluding carboxylic acids is 1. The van der Waals surface area contributed by atoms with Crippen LogP contribution in [0.3, 0.4) is 0 Å². The molecule has 0 saturated carbocycles. The first-order valence-electron chi connectivity index (χ1n) is 6.74. The molecule has 0 unspecified atom stereocenters. The van der Waals surface area contributed by atoms with E-state index in [9.17, 15) is 4.79 Å². The van der Waals surface area contributed by atoms with Crippen LogP contribution >= 0.6 is 12.4 Å². The van der Waals surface area contributed by atoms with Gasteiger partial charge in [-0.1, -0.05) is 29.8 Å². The van der Waals surface area contributed by atoms with Gasteiger partial charge in [-0.3, -0.25) is 4.79 Å². The summed E-state index contributed by atoms with van der Waals surface area (Å²) in [5.74, 6) is 0.146. The fourth-order valence-electron chi connectivity index (χ4n) is 1.79. The second-order valence-electron chi connectivity index (χ2n) is 4.68. The molecule has 4 heteroatoms. The van der Waals surface area contributed by atoms with E-state index < -0.39 is 0 Å². The molecule has 0 fully saturated rings. The van der Waals surface area contributed by atoms with Crippen LogP contribution in [-0.2, 0) is 11.2 Å². The zero-order valence-corrected chi connectivity index (χ0v) is 12.5. The molecule has 0 bridgehead atoms. The van der Waals surface area contributed by atoms with E-state index >= 15 is 0 Å². The predicted octanol–water partition coefficient (Wildman–Crippen LogP) is 2.59. The Morgan fingerprint density at radius 2 is 1.84 bits per heavy atom. The van der Waals surface area contributed by atoms with Gasteiger partial charge >= 0.3 is 0 Å². The van der Waals surface area contributed by atoms with E-state index in [-0.39, 0.29) is 18.3 Å². The predicted molar refractivity (Wildman–Crippen MR) is 82.7 cm³/mol. The normalized spacial score (nSPS) is 9.79. The van der Waals surface area contributed by atoms with Crippen LogP contribution in [0.1, 0.15) is 36.8 Å². The van der Waals surface area contributed by atoms with Gasteiger partial charge in [-0.25, -0.2) is 0 Å². The number of carbonyl (C=O) groups is 1. The first-order valence-corrected chi connectivity index (χ1v) is 6.74. The summed E-state index contributed by atoms with van der Waals surface area (Å²) in [6, 6.07) is 8.59. The lowest BCUT2D eigenvalue weighted by molar-refractivity contribution is -0.121. The number of rotatable bonds is 8. The average Bonchev–Trinajstić information content (AvgIpc) is 2.37. The van der Waals surface area contributed by atoms with Gasteiger partial charge in [0.25, 0.3) is 0 Å². The van der Waals surface area contributed by atoms with E-state index in [1.54, 1.807) is 0 Å². The summed E-state index contributed by atoms with van der Waals surface area (Å²) in [5, 5.41) is 2.87. The van der Waals surface area contributed by atoms with Crippen LogP contribution < -0.4 is 11.1 Å². The molecule has 0 radical (unpaired) electrons. The minimum atomic E-state index is 0. The zero-order chi connectivity index (χ0) is 13.2. The average molecular weight is 285 g/mol. The smallest absolute Gasteiger partial charge is 0.219 e. The van der Waals surface area contributed by atoms with Gasteiger partial charge < -0.3 is 11.1 Å². The molecule has 1 aromatic carbocycles. The lowest BCUT2D eigenvalue weighted by Gasteiger charge is -2.04. The fourth-order valence-corrected chi connectivity index (χ4v) is 1.79. The molecule has 0 aliphatic carbocycles. The van der Waals surface area contributed by atoms with Crippen molar-refractivity contribution in [3.8, 4) is 0 Å². The highest BCUT2D eigenvalue weighted by atomic mass is 35.5. The second-order valence-corrected chi connectivity index (χ2v) is 4.68. The summed E-state index contributed by atoms with van der Waals surface area (Å²) in [6.45, 7) is 3.43. The zero-order valence-electron chi connectivity index (χ0n) is 11.7. The summed E-state index contributed by atoms with van der Waals surface area (Å²) in [7, 11) is 0. The SMILES string of the molecule is Cc1ccc(CCCCC(=O)NCCCN)cc1.Cl. The number of nitrogens with two attached hydrogens (primary N) is 1. The Morgan fingerprint density at radius 1 is 1.16 bits per heavy atom. The third-order valence-corrected chi connectivity index (χ3v) is 2.94. The van der Waals surface area contributed by atoms with E-state index in [1.807, 2.05) is 0 Å². The van der Waals surface area contributed by atoms with Crippen molar-refractivity contribution in [2.24, 2.45) is 5.73 Å². The minimum absolute atomic E-state index is 0. The van der Waals surface area contributed by atoms with Crippen LogP contribution in [0.15, 0.2) is 24.3 Å². The molecule has 0 atom stereocenters. The van der Waals surface area contributed by atoms with Crippen molar-refractivity contribution >= 4 is 18.3 Å². The van der Waals surface area contributed by atoms with Gasteiger partial charge in [0.15, 0.2) is 0 Å². The third-order valence-electron chi connectivity index (χ3n) is 2.94. The summed E-state index contributed by atoms with van der Waals surface area (Å²) in [5.41, 5.74) is 8.00. The van der Waals surface area contributed by atoms with Gasteiger partial charge in [-0.15, -0.1) is 12.4 Å². The van der Waals surface area contributed by atoms with Crippen molar-refractivity contribution in [2.75, 3.05) is 13.1 Å². The highest BCUT2D eigenvalue weighted by Crippen LogP contribution is 2.08. The maximum atomic E-state index is 11.4. The largest absolute Gasteiger partial charge is 0.356 e. The second kappa shape index (κ2) is 10.8. The maximum absolute atomic E-state index is 11.4. The van der Waals surface area contributed by atoms with E-state index in [4.69, 9.17) is 5.73 Å². The Morgan fingerprint density at radius 3 is 2.47 bits per heavy atom. The van der Waals surface area contributed by atoms with Crippen LogP contribution in [0.2, 0.25) is 0 Å². The van der Waals surface area contributed by atoms with Crippen molar-refractivity contribution in [1.29, 1.82) is 0 Å². The number of unbranched alkanes of at least 4 members (excludes halogenated alkanes) is 1. The number of hydrogen-bond donors (Lipinski definition) is 2. The van der Waals surface area contributed by atoms with Crippen LogP contribution in [0.4, 0.5) is 0 Å². The molecule has 0 heterocycles. The minimum Gasteiger partial charge on any atom is -0.356 e. The number of hydrogen-bond acceptors (Lipinski definition) is 2. The van der Waals surface area contributed by atoms with Crippen molar-refractivity contribution in [3.05, 3.63) is 35.4 Å². The third kappa shape index (κ3) is 8.62. The van der Waals surface area contributed by atoms with Crippen LogP contribution in [0.5, 0.6) is 0 Å². The van der Waals surface area contributed by atoms with Crippen LogP contribution in [0.25, 0.3) is 0 Å². The molecule has 0 aliphatic heterocycles. The number of amides is 1. The highest BCUT2D eigenvalue weighted by molar-refractivity contribution is 5.85. The first-order chi connectivity index (χ1) is 8.72. The van der Waals surface area contributed by atoms with E-state index in [0.717, 1.165) is 25.7 Å². The molecule has 108 valence electrons. The summed E-state index contributed by atoms with van der Waals surface area (Å²) >= 11 is 0. The van der Waals surface area contributed by atoms with Gasteiger partial charge in [0, 0.05) is 13.0 Å². The van der Waals surface area contributed by atoms with Crippen molar-refractivity contribution in [2.45, 2.75) is 39.0 Å². The Labute approximate surface area is 122 Å². The quantitative estimate of drug-likeness (QED) is 0.721. The number of halogens is 1. The lowest BCUT2D eigenvalue weighted by atomic mass is 10.1. The molecule has 0 aliphatic rings. The Bertz CT molecular complexity index is 352. The molecule has 0 spiro atoms. The Kier molecular flexibility index (Phi) is 10.2. The summed E-state index contributed by atoms with van der Waals surface area (Å²) < 4.78 is 0. The molecule has 0 aromatic heterocycles. The molecule has 19 heavy (non-hydrogen) atoms. The van der Waals surface area contributed by atoms with E-state index in [0.29, 0.717) is 19.5 Å². The molecule has 3 nitrogen and oxygen atoms in total. The number of nitrogens with one attached hydrogen (secondary N) is 1. The van der Waals surface area contributed by atoms with E-state index in [1.165, 1.54) is 11.1 Å². The Hall–Kier alpha value is -1.06. The summed E-state index contributed by atoms with van der Waals surface area (Å²) in [4.78, 5) is 11.4. The first kappa shape index (κ1) is 17.9. The topological polar surface area (TPSA) is 55.1 Å². The molecule has 1 amide bonds. The van der Waals surface area contributed by atoms with Gasteiger partial charge in [-0.05, 0) is 44.7 Å². The molecular formula is C15H25ClN2O. The molecule has 1 rings (SSSR count). The van der Waals surface area contributed by atoms with Crippen LogP contribution in [-0.4, -0.2) is 19.0 Å². The van der Waals surface area contributed by atoms with Crippen molar-refractivity contribution in [1.82, 2.24) is 5.32 Å². The molecule has 0 saturated heterocycles. The molecule has 3 N–H and O–H groups in total. The van der Waals surface area contributed by atoms with Crippen LogP contribution in [0, 0.1) is 6.92 Å². The molecule has 1 aromatic rings. The molecular weight excluding hydrogens is 260 g/mol. The monoisotopic (exact) mass is 284 g/mol. The number of benzene rings is 1. The lowest BCUT2D eigenvalue weighted by Crippen LogP contribution is -2.25. The van der Waals surface area contributed by atoms with Gasteiger partial charge in [0.2, 0.25) is 5.91 Å². The van der Waals surface area contributed by atoms with E-state index in [2.05, 4.69) is 36.5 Å². The van der Waals surface area contributed by atoms with Crippen molar-refractivity contribution < 1.29 is 4.79 Å².